The Morgan fingerprint density at radius 2 is 0.448 bits per heavy atom. The molecule has 0 radical (unpaired) electrons. The molecule has 0 amide bonds. The van der Waals surface area contributed by atoms with Crippen LogP contribution in [0.1, 0.15) is 101 Å². The van der Waals surface area contributed by atoms with Gasteiger partial charge in [0.2, 0.25) is 0 Å². The van der Waals surface area contributed by atoms with E-state index in [4.69, 9.17) is 44.9 Å². The molecule has 3 N–H and O–H groups in total. The number of aryl methyl sites for hydroxylation is 9. The number of nitrogens with zero attached hydrogens (tertiary/aromatic N) is 9. The number of benzene rings is 3. The molecule has 19 heterocycles. The van der Waals surface area contributed by atoms with Crippen molar-refractivity contribution >= 4 is 33.9 Å². The molecule has 462 valence electrons. The molecule has 12 aromatic rings. The van der Waals surface area contributed by atoms with Crippen molar-refractivity contribution in [3.05, 3.63) is 337 Å². The number of fused-ring (bicyclic) bond motifs is 6. The van der Waals surface area contributed by atoms with E-state index in [0.717, 1.165) is 169 Å². The van der Waals surface area contributed by atoms with Crippen LogP contribution in [0.15, 0.2) is 251 Å². The highest BCUT2D eigenvalue weighted by Gasteiger charge is 2.26. The van der Waals surface area contributed by atoms with Gasteiger partial charge < -0.3 is 15.0 Å². The number of nitrogens with one attached hydrogen (secondary N) is 3. The number of hydrogen-bond acceptors (Lipinski definition) is 9. The molecule has 96 heavy (non-hydrogen) atoms. The monoisotopic (exact) mass is 1240 g/mol. The predicted octanol–water partition coefficient (Wildman–Crippen LogP) is 18.6. The maximum Gasteiger partial charge on any atom is 0.0886 e. The lowest BCUT2D eigenvalue weighted by Crippen LogP contribution is -2.00. The number of aromatic nitrogens is 9. The zero-order valence-corrected chi connectivity index (χ0v) is 54.8. The minimum Gasteiger partial charge on any atom is -0.354 e. The van der Waals surface area contributed by atoms with Crippen LogP contribution in [0.5, 0.6) is 0 Å². The van der Waals surface area contributed by atoms with E-state index in [2.05, 4.69) is 223 Å². The summed E-state index contributed by atoms with van der Waals surface area (Å²) >= 11 is 0. The van der Waals surface area contributed by atoms with Crippen molar-refractivity contribution in [3.63, 3.8) is 0 Å². The van der Waals surface area contributed by atoms with Crippen LogP contribution in [0.25, 0.3) is 84.7 Å². The molecule has 24 bridgehead atoms. The van der Waals surface area contributed by atoms with Crippen molar-refractivity contribution in [2.75, 3.05) is 0 Å². The van der Waals surface area contributed by atoms with E-state index >= 15 is 0 Å². The van der Waals surface area contributed by atoms with Gasteiger partial charge in [-0.1, -0.05) is 53.1 Å². The molecule has 12 heteroatoms. The van der Waals surface area contributed by atoms with E-state index in [0.29, 0.717) is 0 Å². The molecule has 3 aromatic carbocycles. The van der Waals surface area contributed by atoms with Gasteiger partial charge in [0.1, 0.15) is 0 Å². The lowest BCUT2D eigenvalue weighted by molar-refractivity contribution is 1.23. The predicted molar refractivity (Wildman–Crippen MR) is 389 cm³/mol. The van der Waals surface area contributed by atoms with Crippen molar-refractivity contribution in [1.29, 1.82) is 0 Å². The lowest BCUT2D eigenvalue weighted by atomic mass is 9.91. The fourth-order valence-corrected chi connectivity index (χ4v) is 14.2. The summed E-state index contributed by atoms with van der Waals surface area (Å²) in [5, 5.41) is 0. The first-order valence-electron chi connectivity index (χ1n) is 32.4. The minimum atomic E-state index is 0.765. The van der Waals surface area contributed by atoms with Gasteiger partial charge in [0.05, 0.1) is 68.4 Å². The Kier molecular flexibility index (Phi) is 14.6. The first-order chi connectivity index (χ1) is 46.7. The van der Waals surface area contributed by atoms with Gasteiger partial charge in [-0.25, -0.2) is 15.0 Å². The molecule has 10 aliphatic rings. The molecule has 12 nitrogen and oxygen atoms in total. The normalized spacial score (nSPS) is 15.5. The van der Waals surface area contributed by atoms with Gasteiger partial charge >= 0.3 is 0 Å². The Hall–Kier alpha value is -12.2. The number of aliphatic imine (C=N–C) groups is 3. The fraction of sp³-hybridized carbons (Fsp3) is 0.107. The van der Waals surface area contributed by atoms with E-state index in [-0.39, 0.29) is 0 Å². The Morgan fingerprint density at radius 3 is 0.667 bits per heavy atom. The number of aromatic amines is 3. The van der Waals surface area contributed by atoms with Crippen LogP contribution < -0.4 is 0 Å². The second kappa shape index (κ2) is 23.8. The summed E-state index contributed by atoms with van der Waals surface area (Å²) in [5.74, 6) is 0. The molecule has 0 atom stereocenters. The first-order valence-corrected chi connectivity index (χ1v) is 32.4. The van der Waals surface area contributed by atoms with Gasteiger partial charge in [-0.3, -0.25) is 29.9 Å². The number of pyridine rings is 6. The zero-order valence-electron chi connectivity index (χ0n) is 54.8. The van der Waals surface area contributed by atoms with Crippen LogP contribution in [0.2, 0.25) is 0 Å². The van der Waals surface area contributed by atoms with E-state index < -0.39 is 0 Å². The molecule has 22 rings (SSSR count). The third-order valence-corrected chi connectivity index (χ3v) is 18.5. The van der Waals surface area contributed by atoms with E-state index in [1.165, 1.54) is 50.1 Å². The maximum atomic E-state index is 5.32. The summed E-state index contributed by atoms with van der Waals surface area (Å²) in [7, 11) is 0. The van der Waals surface area contributed by atoms with Gasteiger partial charge in [0, 0.05) is 121 Å². The van der Waals surface area contributed by atoms with Crippen molar-refractivity contribution in [3.8, 4) is 67.9 Å². The van der Waals surface area contributed by atoms with Crippen molar-refractivity contribution in [1.82, 2.24) is 44.9 Å². The highest BCUT2D eigenvalue weighted by molar-refractivity contribution is 6.14. The second-order valence-electron chi connectivity index (χ2n) is 25.5. The van der Waals surface area contributed by atoms with Gasteiger partial charge in [0.15, 0.2) is 0 Å². The quantitative estimate of drug-likeness (QED) is 0.160. The highest BCUT2D eigenvalue weighted by Crippen LogP contribution is 2.41. The van der Waals surface area contributed by atoms with Crippen molar-refractivity contribution < 1.29 is 0 Å². The van der Waals surface area contributed by atoms with Gasteiger partial charge in [-0.2, -0.15) is 0 Å². The molecule has 0 aliphatic carbocycles. The van der Waals surface area contributed by atoms with Crippen molar-refractivity contribution in [2.45, 2.75) is 62.3 Å². The molecule has 0 saturated heterocycles. The van der Waals surface area contributed by atoms with Crippen LogP contribution >= 0.6 is 0 Å². The standard InChI is InChI=1S/C84H66N12/c1-46-34-49(4)79(50(5)35-46)82-73-28-22-61(91-73)55-10-16-67(85-40-55)69-18-12-57(42-87-69)63-24-30-75(93-63)83(80-51(6)36-47(2)37-52(80)7)77-32-26-65(95-77)59-14-20-71(89-44-59)72-21-15-60(45-90-72)66-27-33-78(96-66)84(81-53(8)38-48(3)39-54(81)9)76-31-25-64(94-76)58-13-19-70(88-43-58)68-17-11-56(41-86-68)62-23-29-74(82)92-62/h10-45,91,94-95H,1-9H3/b61-55?,62-56?,63-57?,64-58?,65-59?,66-60?,69-67?,70-68?,72-71?,82-73?,82-74+,83-75+,83-77?,84-76?,84-78?. The summed E-state index contributed by atoms with van der Waals surface area (Å²) in [6.45, 7) is 19.5. The third-order valence-electron chi connectivity index (χ3n) is 18.5. The smallest absolute Gasteiger partial charge is 0.0886 e. The largest absolute Gasteiger partial charge is 0.354 e. The molecular formula is C84H66N12. The highest BCUT2D eigenvalue weighted by atomic mass is 14.9. The van der Waals surface area contributed by atoms with Crippen molar-refractivity contribution in [2.24, 2.45) is 15.0 Å². The minimum absolute atomic E-state index is 0.765. The van der Waals surface area contributed by atoms with Crippen LogP contribution in [0.4, 0.5) is 0 Å². The Labute approximate surface area is 557 Å². The molecule has 0 unspecified atom stereocenters. The fourth-order valence-electron chi connectivity index (χ4n) is 14.2. The van der Waals surface area contributed by atoms with E-state index in [1.807, 2.05) is 73.6 Å². The van der Waals surface area contributed by atoms with Crippen LogP contribution in [0, 0.1) is 62.3 Å². The topological polar surface area (TPSA) is 162 Å². The summed E-state index contributed by atoms with van der Waals surface area (Å²) in [6.07, 6.45) is 24.0. The van der Waals surface area contributed by atoms with Gasteiger partial charge in [0.25, 0.3) is 0 Å². The van der Waals surface area contributed by atoms with Crippen LogP contribution in [-0.4, -0.2) is 62.0 Å². The Morgan fingerprint density at radius 1 is 0.229 bits per heavy atom. The third kappa shape index (κ3) is 10.9. The zero-order chi connectivity index (χ0) is 65.5. The van der Waals surface area contributed by atoms with Gasteiger partial charge in [-0.05, 0) is 258 Å². The summed E-state index contributed by atoms with van der Waals surface area (Å²) < 4.78 is 0. The van der Waals surface area contributed by atoms with Crippen LogP contribution in [0.3, 0.4) is 0 Å². The van der Waals surface area contributed by atoms with E-state index in [9.17, 15) is 0 Å². The summed E-state index contributed by atoms with van der Waals surface area (Å²) in [6, 6.07) is 50.9. The molecule has 0 fully saturated rings. The molecule has 9 aromatic heterocycles. The maximum absolute atomic E-state index is 5.32. The van der Waals surface area contributed by atoms with Gasteiger partial charge in [-0.15, -0.1) is 0 Å². The number of H-pyrrole nitrogens is 3. The first kappa shape index (κ1) is 58.9. The number of hydrogen-bond donors (Lipinski definition) is 3. The molecule has 0 spiro atoms. The molecule has 10 aliphatic heterocycles. The molecule has 0 saturated carbocycles. The lowest BCUT2D eigenvalue weighted by Gasteiger charge is -2.16. The average molecular weight is 1240 g/mol. The average Bonchev–Trinajstić information content (AvgIpc) is 1.57. The SMILES string of the molecule is Cc1cc(C)c(C2=C3C=CC(=N3)c3ccc(nc3)-c3ccc(cn3)-c3ccc([nH]3)/C(c3c(C)cc(C)cc3C)=C3/C=CC(=N3)c3ccc(nc3)-c3ccc(cn3)-c3ccc([nH]3)/C(c3c(C)cc(C)cc3C)=C3/C=CC(=N3)c3ccc(nc3)-c3ccc(cn3)-c3ccc2[nH]3)c(C)c1. The molecular weight excluding hydrogens is 1180 g/mol. The van der Waals surface area contributed by atoms with Crippen LogP contribution in [-0.2, 0) is 0 Å². The summed E-state index contributed by atoms with van der Waals surface area (Å²) in [5.41, 5.74) is 38.1. The second-order valence-corrected chi connectivity index (χ2v) is 25.5. The number of rotatable bonds is 3. The van der Waals surface area contributed by atoms with E-state index in [1.54, 1.807) is 0 Å². The number of allylic oxidation sites excluding steroid dienone is 6. The Balaban J connectivity index is 0.785. The summed E-state index contributed by atoms with van der Waals surface area (Å²) in [4.78, 5) is 57.0. The Bertz CT molecular complexity index is 4860.